The quantitative estimate of drug-likeness (QED) is 0.914. The average Bonchev–Trinajstić information content (AvgIpc) is 2.26. The molecule has 19 heavy (non-hydrogen) atoms. The summed E-state index contributed by atoms with van der Waals surface area (Å²) in [5.41, 5.74) is 1.03. The zero-order valence-corrected chi connectivity index (χ0v) is 13.4. The second kappa shape index (κ2) is 6.33. The van der Waals surface area contributed by atoms with Gasteiger partial charge in [0.1, 0.15) is 5.82 Å². The van der Waals surface area contributed by atoms with E-state index < -0.39 is 0 Å². The van der Waals surface area contributed by atoms with Gasteiger partial charge in [0.2, 0.25) is 0 Å². The van der Waals surface area contributed by atoms with Crippen molar-refractivity contribution in [1.29, 1.82) is 0 Å². The highest BCUT2D eigenvalue weighted by Gasteiger charge is 2.27. The fraction of sp³-hybridized carbons (Fsp3) is 0.600. The molecule has 1 N–H and O–H groups in total. The third-order valence-electron chi connectivity index (χ3n) is 3.73. The lowest BCUT2D eigenvalue weighted by atomic mass is 9.98. The SMILES string of the molecule is CC1CN(Cc2cc(F)cc(Br)c2)C(C(C)C)CN1. The van der Waals surface area contributed by atoms with Crippen molar-refractivity contribution in [3.8, 4) is 0 Å². The van der Waals surface area contributed by atoms with Crippen molar-refractivity contribution in [2.75, 3.05) is 13.1 Å². The summed E-state index contributed by atoms with van der Waals surface area (Å²) in [5.74, 6) is 0.422. The molecule has 4 heteroatoms. The highest BCUT2D eigenvalue weighted by Crippen LogP contribution is 2.21. The Morgan fingerprint density at radius 2 is 2.16 bits per heavy atom. The van der Waals surface area contributed by atoms with Gasteiger partial charge in [-0.05, 0) is 36.6 Å². The number of rotatable bonds is 3. The van der Waals surface area contributed by atoms with Gasteiger partial charge < -0.3 is 5.32 Å². The largest absolute Gasteiger partial charge is 0.311 e. The maximum Gasteiger partial charge on any atom is 0.124 e. The average molecular weight is 329 g/mol. The molecule has 0 saturated carbocycles. The molecule has 0 amide bonds. The molecule has 0 radical (unpaired) electrons. The Labute approximate surface area is 123 Å². The molecule has 0 aliphatic carbocycles. The topological polar surface area (TPSA) is 15.3 Å². The van der Waals surface area contributed by atoms with E-state index in [0.29, 0.717) is 18.0 Å². The zero-order valence-electron chi connectivity index (χ0n) is 11.8. The molecule has 1 aromatic carbocycles. The highest BCUT2D eigenvalue weighted by molar-refractivity contribution is 9.10. The van der Waals surface area contributed by atoms with Crippen LogP contribution in [0.5, 0.6) is 0 Å². The number of nitrogens with one attached hydrogen (secondary N) is 1. The van der Waals surface area contributed by atoms with Gasteiger partial charge in [-0.2, -0.15) is 0 Å². The Balaban J connectivity index is 2.13. The van der Waals surface area contributed by atoms with Gasteiger partial charge in [0.25, 0.3) is 0 Å². The first kappa shape index (κ1) is 14.9. The van der Waals surface area contributed by atoms with Gasteiger partial charge in [-0.15, -0.1) is 0 Å². The zero-order chi connectivity index (χ0) is 14.0. The summed E-state index contributed by atoms with van der Waals surface area (Å²) in [4.78, 5) is 2.47. The first-order valence-corrected chi connectivity index (χ1v) is 7.67. The maximum absolute atomic E-state index is 13.5. The van der Waals surface area contributed by atoms with Crippen LogP contribution in [-0.4, -0.2) is 30.1 Å². The lowest BCUT2D eigenvalue weighted by Gasteiger charge is -2.41. The van der Waals surface area contributed by atoms with Crippen LogP contribution in [0.4, 0.5) is 4.39 Å². The summed E-state index contributed by atoms with van der Waals surface area (Å²) in [7, 11) is 0. The second-order valence-corrected chi connectivity index (χ2v) is 6.74. The number of hydrogen-bond acceptors (Lipinski definition) is 2. The van der Waals surface area contributed by atoms with Crippen molar-refractivity contribution in [2.45, 2.75) is 39.4 Å². The number of piperazine rings is 1. The van der Waals surface area contributed by atoms with E-state index >= 15 is 0 Å². The number of nitrogens with zero attached hydrogens (tertiary/aromatic N) is 1. The van der Waals surface area contributed by atoms with E-state index in [-0.39, 0.29) is 5.82 Å². The molecular formula is C15H22BrFN2. The van der Waals surface area contributed by atoms with Crippen molar-refractivity contribution in [2.24, 2.45) is 5.92 Å². The molecule has 2 atom stereocenters. The van der Waals surface area contributed by atoms with E-state index in [1.165, 1.54) is 6.07 Å². The Kier molecular flexibility index (Phi) is 4.98. The van der Waals surface area contributed by atoms with Crippen LogP contribution in [-0.2, 0) is 6.54 Å². The van der Waals surface area contributed by atoms with Crippen molar-refractivity contribution in [1.82, 2.24) is 10.2 Å². The van der Waals surface area contributed by atoms with Gasteiger partial charge >= 0.3 is 0 Å². The molecule has 2 nitrogen and oxygen atoms in total. The van der Waals surface area contributed by atoms with Gasteiger partial charge in [0.15, 0.2) is 0 Å². The molecule has 1 heterocycles. The number of hydrogen-bond donors (Lipinski definition) is 1. The van der Waals surface area contributed by atoms with E-state index in [1.807, 2.05) is 6.07 Å². The fourth-order valence-corrected chi connectivity index (χ4v) is 3.29. The normalized spacial score (nSPS) is 24.9. The summed E-state index contributed by atoms with van der Waals surface area (Å²) in [6.07, 6.45) is 0. The Hall–Kier alpha value is -0.450. The van der Waals surface area contributed by atoms with Crippen LogP contribution >= 0.6 is 15.9 Å². The Bertz CT molecular complexity index is 416. The summed E-state index contributed by atoms with van der Waals surface area (Å²) in [5, 5.41) is 3.53. The molecule has 0 spiro atoms. The van der Waals surface area contributed by atoms with Gasteiger partial charge in [0.05, 0.1) is 0 Å². The minimum atomic E-state index is -0.173. The first-order chi connectivity index (χ1) is 8.95. The minimum absolute atomic E-state index is 0.173. The van der Waals surface area contributed by atoms with Gasteiger partial charge in [0, 0.05) is 36.2 Å². The standard InChI is InChI=1S/C15H22BrFN2/c1-10(2)15-7-18-11(3)8-19(15)9-12-4-13(16)6-14(17)5-12/h4-6,10-11,15,18H,7-9H2,1-3H3. The lowest BCUT2D eigenvalue weighted by Crippen LogP contribution is -2.56. The van der Waals surface area contributed by atoms with E-state index in [0.717, 1.165) is 29.7 Å². The monoisotopic (exact) mass is 328 g/mol. The summed E-state index contributed by atoms with van der Waals surface area (Å²) >= 11 is 3.36. The van der Waals surface area contributed by atoms with Crippen LogP contribution in [0.2, 0.25) is 0 Å². The van der Waals surface area contributed by atoms with E-state index in [2.05, 4.69) is 46.9 Å². The molecular weight excluding hydrogens is 307 g/mol. The maximum atomic E-state index is 13.5. The van der Waals surface area contributed by atoms with Crippen molar-refractivity contribution in [3.63, 3.8) is 0 Å². The van der Waals surface area contributed by atoms with Crippen molar-refractivity contribution < 1.29 is 4.39 Å². The van der Waals surface area contributed by atoms with Gasteiger partial charge in [-0.3, -0.25) is 4.90 Å². The number of benzene rings is 1. The molecule has 1 aromatic rings. The van der Waals surface area contributed by atoms with Crippen molar-refractivity contribution >= 4 is 15.9 Å². The van der Waals surface area contributed by atoms with Crippen LogP contribution < -0.4 is 5.32 Å². The fourth-order valence-electron chi connectivity index (χ4n) is 2.78. The first-order valence-electron chi connectivity index (χ1n) is 6.88. The molecule has 1 aliphatic rings. The Morgan fingerprint density at radius 3 is 2.79 bits per heavy atom. The van der Waals surface area contributed by atoms with Crippen LogP contribution in [0.1, 0.15) is 26.3 Å². The molecule has 1 saturated heterocycles. The molecule has 106 valence electrons. The van der Waals surface area contributed by atoms with Crippen LogP contribution in [0.15, 0.2) is 22.7 Å². The van der Waals surface area contributed by atoms with Gasteiger partial charge in [-0.1, -0.05) is 29.8 Å². The van der Waals surface area contributed by atoms with Crippen LogP contribution in [0.3, 0.4) is 0 Å². The number of halogens is 2. The van der Waals surface area contributed by atoms with E-state index in [1.54, 1.807) is 6.07 Å². The molecule has 2 unspecified atom stereocenters. The lowest BCUT2D eigenvalue weighted by molar-refractivity contribution is 0.0955. The van der Waals surface area contributed by atoms with E-state index in [4.69, 9.17) is 0 Å². The molecule has 2 rings (SSSR count). The molecule has 1 aliphatic heterocycles. The highest BCUT2D eigenvalue weighted by atomic mass is 79.9. The van der Waals surface area contributed by atoms with Gasteiger partial charge in [-0.25, -0.2) is 4.39 Å². The second-order valence-electron chi connectivity index (χ2n) is 5.83. The predicted octanol–water partition coefficient (Wildman–Crippen LogP) is 3.41. The third-order valence-corrected chi connectivity index (χ3v) is 4.19. The Morgan fingerprint density at radius 1 is 1.42 bits per heavy atom. The summed E-state index contributed by atoms with van der Waals surface area (Å²) in [6.45, 7) is 9.52. The molecule has 1 fully saturated rings. The van der Waals surface area contributed by atoms with Crippen LogP contribution in [0, 0.1) is 11.7 Å². The van der Waals surface area contributed by atoms with Crippen molar-refractivity contribution in [3.05, 3.63) is 34.1 Å². The van der Waals surface area contributed by atoms with E-state index in [9.17, 15) is 4.39 Å². The third kappa shape index (κ3) is 4.01. The predicted molar refractivity (Wildman–Crippen MR) is 80.6 cm³/mol. The smallest absolute Gasteiger partial charge is 0.124 e. The summed E-state index contributed by atoms with van der Waals surface area (Å²) in [6, 6.07) is 6.15. The minimum Gasteiger partial charge on any atom is -0.311 e. The van der Waals surface area contributed by atoms with Crippen LogP contribution in [0.25, 0.3) is 0 Å². The molecule has 0 bridgehead atoms. The summed E-state index contributed by atoms with van der Waals surface area (Å²) < 4.78 is 14.3. The molecule has 0 aromatic heterocycles.